The fourth-order valence-corrected chi connectivity index (χ4v) is 2.35. The first-order chi connectivity index (χ1) is 9.33. The van der Waals surface area contributed by atoms with E-state index in [-0.39, 0.29) is 11.0 Å². The first kappa shape index (κ1) is 14.6. The average molecular weight is 278 g/mol. The van der Waals surface area contributed by atoms with Crippen LogP contribution < -0.4 is 11.2 Å². The number of aromatic nitrogens is 4. The van der Waals surface area contributed by atoms with E-state index in [0.717, 1.165) is 25.2 Å². The van der Waals surface area contributed by atoms with Gasteiger partial charge in [0.1, 0.15) is 5.82 Å². The zero-order valence-electron chi connectivity index (χ0n) is 12.8. The molecule has 0 bridgehead atoms. The highest BCUT2D eigenvalue weighted by molar-refractivity contribution is 5.71. The molecule has 0 spiro atoms. The summed E-state index contributed by atoms with van der Waals surface area (Å²) in [5.74, 6) is 0.864. The third kappa shape index (κ3) is 2.09. The van der Waals surface area contributed by atoms with Crippen molar-refractivity contribution in [3.63, 3.8) is 0 Å². The first-order valence-electron chi connectivity index (χ1n) is 7.03. The summed E-state index contributed by atoms with van der Waals surface area (Å²) in [6.07, 6.45) is 1.81. The van der Waals surface area contributed by atoms with Gasteiger partial charge in [0.2, 0.25) is 0 Å². The van der Waals surface area contributed by atoms with Crippen molar-refractivity contribution in [3.8, 4) is 0 Å². The van der Waals surface area contributed by atoms with Crippen LogP contribution in [0.2, 0.25) is 0 Å². The Morgan fingerprint density at radius 2 is 1.90 bits per heavy atom. The Morgan fingerprint density at radius 3 is 2.45 bits per heavy atom. The summed E-state index contributed by atoms with van der Waals surface area (Å²) in [6.45, 7) is 9.08. The van der Waals surface area contributed by atoms with Crippen LogP contribution in [0.5, 0.6) is 0 Å². The molecule has 0 amide bonds. The van der Waals surface area contributed by atoms with Crippen LogP contribution in [0.3, 0.4) is 0 Å². The smallest absolute Gasteiger partial charge is 0.322 e. The van der Waals surface area contributed by atoms with Gasteiger partial charge >= 0.3 is 5.69 Å². The summed E-state index contributed by atoms with van der Waals surface area (Å²) in [6, 6.07) is 0. The number of rotatable bonds is 4. The Morgan fingerprint density at radius 1 is 1.25 bits per heavy atom. The zero-order chi connectivity index (χ0) is 15.1. The van der Waals surface area contributed by atoms with E-state index in [0.29, 0.717) is 11.2 Å². The number of aromatic amines is 1. The second kappa shape index (κ2) is 4.92. The van der Waals surface area contributed by atoms with E-state index >= 15 is 0 Å². The van der Waals surface area contributed by atoms with Gasteiger partial charge in [-0.15, -0.1) is 0 Å². The number of aryl methyl sites for hydroxylation is 2. The number of hydrogen-bond donors (Lipinski definition) is 1. The Hall–Kier alpha value is -1.85. The van der Waals surface area contributed by atoms with Gasteiger partial charge in [0.15, 0.2) is 11.2 Å². The van der Waals surface area contributed by atoms with Crippen LogP contribution in [0, 0.1) is 0 Å². The highest BCUT2D eigenvalue weighted by Gasteiger charge is 2.27. The third-order valence-corrected chi connectivity index (χ3v) is 3.94. The lowest BCUT2D eigenvalue weighted by molar-refractivity contribution is 0.445. The van der Waals surface area contributed by atoms with Crippen molar-refractivity contribution in [2.75, 3.05) is 0 Å². The first-order valence-corrected chi connectivity index (χ1v) is 7.03. The van der Waals surface area contributed by atoms with Crippen molar-refractivity contribution in [2.45, 2.75) is 52.5 Å². The van der Waals surface area contributed by atoms with E-state index in [1.54, 1.807) is 7.05 Å². The molecule has 0 radical (unpaired) electrons. The van der Waals surface area contributed by atoms with E-state index in [1.807, 2.05) is 4.57 Å². The monoisotopic (exact) mass is 278 g/mol. The van der Waals surface area contributed by atoms with Gasteiger partial charge in [-0.2, -0.15) is 0 Å². The molecule has 0 aliphatic heterocycles. The maximum atomic E-state index is 12.1. The quantitative estimate of drug-likeness (QED) is 0.921. The molecule has 0 aromatic carbocycles. The lowest BCUT2D eigenvalue weighted by atomic mass is 9.89. The molecule has 0 saturated carbocycles. The molecule has 0 aliphatic carbocycles. The van der Waals surface area contributed by atoms with Crippen LogP contribution in [0.25, 0.3) is 11.2 Å². The minimum atomic E-state index is -0.426. The number of hydrogen-bond acceptors (Lipinski definition) is 3. The highest BCUT2D eigenvalue weighted by atomic mass is 16.2. The Balaban J connectivity index is 2.94. The summed E-state index contributed by atoms with van der Waals surface area (Å²) in [5, 5.41) is 0. The predicted octanol–water partition coefficient (Wildman–Crippen LogP) is 1.52. The van der Waals surface area contributed by atoms with E-state index in [4.69, 9.17) is 0 Å². The van der Waals surface area contributed by atoms with Crippen molar-refractivity contribution in [2.24, 2.45) is 7.05 Å². The van der Waals surface area contributed by atoms with Crippen LogP contribution in [0.4, 0.5) is 0 Å². The van der Waals surface area contributed by atoms with Gasteiger partial charge < -0.3 is 4.57 Å². The lowest BCUT2D eigenvalue weighted by Crippen LogP contribution is -2.29. The van der Waals surface area contributed by atoms with Gasteiger partial charge in [0, 0.05) is 19.0 Å². The molecule has 6 heteroatoms. The molecule has 110 valence electrons. The molecular formula is C14H22N4O2. The molecule has 0 unspecified atom stereocenters. The maximum absolute atomic E-state index is 12.1. The van der Waals surface area contributed by atoms with Gasteiger partial charge in [-0.3, -0.25) is 14.3 Å². The van der Waals surface area contributed by atoms with Crippen molar-refractivity contribution >= 4 is 11.2 Å². The van der Waals surface area contributed by atoms with Crippen LogP contribution >= 0.6 is 0 Å². The molecule has 0 fully saturated rings. The fourth-order valence-electron chi connectivity index (χ4n) is 2.35. The normalized spacial score (nSPS) is 12.2. The van der Waals surface area contributed by atoms with Crippen molar-refractivity contribution < 1.29 is 0 Å². The lowest BCUT2D eigenvalue weighted by Gasteiger charge is -2.23. The van der Waals surface area contributed by atoms with Crippen molar-refractivity contribution in [1.29, 1.82) is 0 Å². The van der Waals surface area contributed by atoms with E-state index in [1.165, 1.54) is 4.57 Å². The molecule has 1 N–H and O–H groups in total. The summed E-state index contributed by atoms with van der Waals surface area (Å²) in [7, 11) is 1.63. The number of nitrogens with one attached hydrogen (secondary N) is 1. The van der Waals surface area contributed by atoms with E-state index in [2.05, 4.69) is 37.7 Å². The second-order valence-electron chi connectivity index (χ2n) is 5.81. The minimum Gasteiger partial charge on any atom is -0.322 e. The standard InChI is InChI=1S/C14H22N4O2/c1-6-8-18-9-10(15-12(18)14(3,4)7-2)17(5)13(20)16-11(9)19/h6-8H2,1-5H3,(H,16,19,20). The Kier molecular flexibility index (Phi) is 3.58. The number of imidazole rings is 1. The largest absolute Gasteiger partial charge is 0.329 e. The summed E-state index contributed by atoms with van der Waals surface area (Å²) in [4.78, 5) is 30.8. The number of H-pyrrole nitrogens is 1. The molecule has 2 heterocycles. The third-order valence-electron chi connectivity index (χ3n) is 3.94. The molecule has 0 atom stereocenters. The second-order valence-corrected chi connectivity index (χ2v) is 5.81. The molecule has 0 aliphatic rings. The van der Waals surface area contributed by atoms with Crippen LogP contribution in [-0.2, 0) is 19.0 Å². The van der Waals surface area contributed by atoms with Crippen molar-refractivity contribution in [3.05, 3.63) is 26.7 Å². The Labute approximate surface area is 117 Å². The topological polar surface area (TPSA) is 72.7 Å². The minimum absolute atomic E-state index is 0.142. The molecule has 6 nitrogen and oxygen atoms in total. The molecule has 0 saturated heterocycles. The summed E-state index contributed by atoms with van der Waals surface area (Å²) in [5.41, 5.74) is 0.0253. The predicted molar refractivity (Wildman–Crippen MR) is 79.2 cm³/mol. The highest BCUT2D eigenvalue weighted by Crippen LogP contribution is 2.28. The summed E-state index contributed by atoms with van der Waals surface area (Å²) >= 11 is 0. The molecule has 2 rings (SSSR count). The van der Waals surface area contributed by atoms with Gasteiger partial charge in [0.25, 0.3) is 5.56 Å². The molecule has 20 heavy (non-hydrogen) atoms. The van der Waals surface area contributed by atoms with Crippen molar-refractivity contribution in [1.82, 2.24) is 19.1 Å². The molecule has 2 aromatic heterocycles. The van der Waals surface area contributed by atoms with Gasteiger partial charge in [0.05, 0.1) is 0 Å². The number of fused-ring (bicyclic) bond motifs is 1. The average Bonchev–Trinajstić information content (AvgIpc) is 2.77. The van der Waals surface area contributed by atoms with E-state index in [9.17, 15) is 9.59 Å². The number of nitrogens with zero attached hydrogens (tertiary/aromatic N) is 3. The van der Waals surface area contributed by atoms with E-state index < -0.39 is 5.69 Å². The van der Waals surface area contributed by atoms with Crippen LogP contribution in [0.1, 0.15) is 46.4 Å². The summed E-state index contributed by atoms with van der Waals surface area (Å²) < 4.78 is 3.36. The van der Waals surface area contributed by atoms with Gasteiger partial charge in [-0.1, -0.05) is 27.7 Å². The zero-order valence-corrected chi connectivity index (χ0v) is 12.8. The van der Waals surface area contributed by atoms with Crippen LogP contribution in [0.15, 0.2) is 9.59 Å². The fraction of sp³-hybridized carbons (Fsp3) is 0.643. The molecular weight excluding hydrogens is 256 g/mol. The maximum Gasteiger partial charge on any atom is 0.329 e. The van der Waals surface area contributed by atoms with Gasteiger partial charge in [-0.05, 0) is 12.8 Å². The molecule has 2 aromatic rings. The van der Waals surface area contributed by atoms with Crippen LogP contribution in [-0.4, -0.2) is 19.1 Å². The SMILES string of the molecule is CCCn1c(C(C)(C)CC)nc2c1c(=O)[nH]c(=O)n2C. The Bertz CT molecular complexity index is 749. The van der Waals surface area contributed by atoms with Gasteiger partial charge in [-0.25, -0.2) is 9.78 Å².